The van der Waals surface area contributed by atoms with E-state index in [0.717, 1.165) is 0 Å². The number of halogens is 3. The first-order chi connectivity index (χ1) is 17.0. The predicted molar refractivity (Wildman–Crippen MR) is 128 cm³/mol. The van der Waals surface area contributed by atoms with Crippen molar-refractivity contribution in [3.05, 3.63) is 71.5 Å². The molecule has 0 bridgehead atoms. The number of methoxy groups -OCH3 is 2. The molecule has 0 heterocycles. The first-order valence-electron chi connectivity index (χ1n) is 10.5. The molecule has 1 amide bonds. The second-order valence-electron chi connectivity index (χ2n) is 7.60. The van der Waals surface area contributed by atoms with E-state index in [0.29, 0.717) is 16.7 Å². The van der Waals surface area contributed by atoms with Gasteiger partial charge in [-0.15, -0.1) is 0 Å². The number of primary sulfonamides is 1. The lowest BCUT2D eigenvalue weighted by Gasteiger charge is -2.16. The molecule has 192 valence electrons. The summed E-state index contributed by atoms with van der Waals surface area (Å²) in [6.45, 7) is -0.565. The third-order valence-electron chi connectivity index (χ3n) is 5.16. The van der Waals surface area contributed by atoms with Crippen molar-refractivity contribution in [2.75, 3.05) is 26.1 Å². The second-order valence-corrected chi connectivity index (χ2v) is 9.13. The largest absolute Gasteiger partial charge is 0.496 e. The zero-order valence-corrected chi connectivity index (χ0v) is 20.2. The van der Waals surface area contributed by atoms with E-state index in [1.54, 1.807) is 6.07 Å². The summed E-state index contributed by atoms with van der Waals surface area (Å²) in [6, 6.07) is 12.4. The highest BCUT2D eigenvalue weighted by molar-refractivity contribution is 7.89. The van der Waals surface area contributed by atoms with Gasteiger partial charge in [0.1, 0.15) is 22.2 Å². The van der Waals surface area contributed by atoms with Crippen LogP contribution in [0.4, 0.5) is 18.9 Å². The minimum Gasteiger partial charge on any atom is -0.496 e. The highest BCUT2D eigenvalue weighted by Crippen LogP contribution is 2.34. The predicted octanol–water partition coefficient (Wildman–Crippen LogP) is 3.76. The quantitative estimate of drug-likeness (QED) is 0.372. The van der Waals surface area contributed by atoms with E-state index in [1.165, 1.54) is 62.8 Å². The summed E-state index contributed by atoms with van der Waals surface area (Å²) in [7, 11) is -1.40. The van der Waals surface area contributed by atoms with Gasteiger partial charge < -0.3 is 20.1 Å². The van der Waals surface area contributed by atoms with Gasteiger partial charge in [-0.2, -0.15) is 0 Å². The SMILES string of the molecule is COc1cc(F)ccc1-c1ccc(C(=O)Nc2ccc(S(N)(=O)=O)c(OC)c2)cc1CNCC(F)F. The Hall–Kier alpha value is -3.61. The van der Waals surface area contributed by atoms with Crippen molar-refractivity contribution < 1.29 is 35.9 Å². The maximum absolute atomic E-state index is 13.7. The van der Waals surface area contributed by atoms with Crippen LogP contribution in [0.3, 0.4) is 0 Å². The van der Waals surface area contributed by atoms with Gasteiger partial charge in [-0.05, 0) is 47.5 Å². The van der Waals surface area contributed by atoms with Gasteiger partial charge in [0.2, 0.25) is 10.0 Å². The number of alkyl halides is 2. The molecule has 0 aliphatic carbocycles. The molecule has 0 radical (unpaired) electrons. The second kappa shape index (κ2) is 11.4. The summed E-state index contributed by atoms with van der Waals surface area (Å²) in [6.07, 6.45) is -2.57. The average Bonchev–Trinajstić information content (AvgIpc) is 2.83. The number of carbonyl (C=O) groups excluding carboxylic acids is 1. The lowest BCUT2D eigenvalue weighted by molar-refractivity contribution is 0.102. The molecule has 0 aliphatic heterocycles. The molecule has 0 saturated heterocycles. The fourth-order valence-corrected chi connectivity index (χ4v) is 4.21. The Kier molecular flexibility index (Phi) is 8.56. The Morgan fingerprint density at radius 2 is 1.67 bits per heavy atom. The van der Waals surface area contributed by atoms with Gasteiger partial charge in [-0.1, -0.05) is 6.07 Å². The fourth-order valence-electron chi connectivity index (χ4n) is 3.53. The molecule has 0 atom stereocenters. The highest BCUT2D eigenvalue weighted by atomic mass is 32.2. The van der Waals surface area contributed by atoms with Crippen molar-refractivity contribution in [3.8, 4) is 22.6 Å². The van der Waals surface area contributed by atoms with Crippen LogP contribution in [0.2, 0.25) is 0 Å². The number of nitrogens with two attached hydrogens (primary N) is 1. The van der Waals surface area contributed by atoms with Gasteiger partial charge in [-0.3, -0.25) is 4.79 Å². The topological polar surface area (TPSA) is 120 Å². The number of nitrogens with one attached hydrogen (secondary N) is 2. The van der Waals surface area contributed by atoms with Crippen LogP contribution in [0.1, 0.15) is 15.9 Å². The van der Waals surface area contributed by atoms with Gasteiger partial charge >= 0.3 is 0 Å². The normalized spacial score (nSPS) is 11.4. The van der Waals surface area contributed by atoms with Gasteiger partial charge in [0.25, 0.3) is 12.3 Å². The van der Waals surface area contributed by atoms with Crippen molar-refractivity contribution >= 4 is 21.6 Å². The molecule has 0 saturated carbocycles. The molecular weight excluding hydrogens is 499 g/mol. The van der Waals surface area contributed by atoms with E-state index < -0.39 is 34.7 Å². The number of anilines is 1. The van der Waals surface area contributed by atoms with Crippen LogP contribution in [0.15, 0.2) is 59.5 Å². The first kappa shape index (κ1) is 27.0. The molecule has 12 heteroatoms. The fraction of sp³-hybridized carbons (Fsp3) is 0.208. The monoisotopic (exact) mass is 523 g/mol. The molecule has 3 aromatic carbocycles. The van der Waals surface area contributed by atoms with E-state index in [4.69, 9.17) is 14.6 Å². The number of amides is 1. The Labute approximate surface area is 206 Å². The molecule has 3 aromatic rings. The summed E-state index contributed by atoms with van der Waals surface area (Å²) in [5.74, 6) is -0.865. The molecule has 36 heavy (non-hydrogen) atoms. The molecule has 3 rings (SSSR count). The van der Waals surface area contributed by atoms with Crippen LogP contribution in [0.5, 0.6) is 11.5 Å². The minimum absolute atomic E-state index is 0.00178. The van der Waals surface area contributed by atoms with E-state index in [9.17, 15) is 26.4 Å². The standard InChI is InChI=1S/C24H24F3N3O5S/c1-34-20-10-16(25)4-7-19(20)18-6-3-14(9-15(18)12-29-13-23(26)27)24(31)30-17-5-8-22(36(28,32)33)21(11-17)35-2/h3-11,23,29H,12-13H2,1-2H3,(H,30,31)(H2,28,32,33). The number of ether oxygens (including phenoxy) is 2. The number of benzene rings is 3. The van der Waals surface area contributed by atoms with E-state index in [-0.39, 0.29) is 34.2 Å². The van der Waals surface area contributed by atoms with Crippen LogP contribution < -0.4 is 25.2 Å². The maximum atomic E-state index is 13.7. The molecule has 0 spiro atoms. The number of hydrogen-bond acceptors (Lipinski definition) is 6. The molecule has 0 fully saturated rings. The summed E-state index contributed by atoms with van der Waals surface area (Å²) < 4.78 is 72.7. The van der Waals surface area contributed by atoms with Crippen molar-refractivity contribution in [2.24, 2.45) is 5.14 Å². The Morgan fingerprint density at radius 1 is 0.972 bits per heavy atom. The first-order valence-corrected chi connectivity index (χ1v) is 12.1. The van der Waals surface area contributed by atoms with Gasteiger partial charge in [0.15, 0.2) is 0 Å². The Balaban J connectivity index is 1.95. The van der Waals surface area contributed by atoms with Gasteiger partial charge in [0.05, 0.1) is 20.8 Å². The maximum Gasteiger partial charge on any atom is 0.255 e. The molecule has 4 N–H and O–H groups in total. The summed E-state index contributed by atoms with van der Waals surface area (Å²) in [5.41, 5.74) is 2.01. The van der Waals surface area contributed by atoms with Crippen molar-refractivity contribution in [1.29, 1.82) is 0 Å². The Morgan fingerprint density at radius 3 is 2.31 bits per heavy atom. The number of carbonyl (C=O) groups is 1. The lowest BCUT2D eigenvalue weighted by Crippen LogP contribution is -2.21. The average molecular weight is 524 g/mol. The van der Waals surface area contributed by atoms with Crippen LogP contribution in [-0.2, 0) is 16.6 Å². The third kappa shape index (κ3) is 6.53. The molecule has 0 aromatic heterocycles. The van der Waals surface area contributed by atoms with Crippen molar-refractivity contribution in [1.82, 2.24) is 5.32 Å². The van der Waals surface area contributed by atoms with Crippen molar-refractivity contribution in [3.63, 3.8) is 0 Å². The number of rotatable bonds is 10. The van der Waals surface area contributed by atoms with Crippen LogP contribution in [-0.4, -0.2) is 41.5 Å². The van der Waals surface area contributed by atoms with E-state index >= 15 is 0 Å². The third-order valence-corrected chi connectivity index (χ3v) is 6.11. The molecule has 0 aliphatic rings. The number of hydrogen-bond donors (Lipinski definition) is 3. The van der Waals surface area contributed by atoms with E-state index in [1.807, 2.05) is 0 Å². The zero-order valence-electron chi connectivity index (χ0n) is 19.3. The summed E-state index contributed by atoms with van der Waals surface area (Å²) in [5, 5.41) is 10.4. The summed E-state index contributed by atoms with van der Waals surface area (Å²) in [4.78, 5) is 12.7. The van der Waals surface area contributed by atoms with Gasteiger partial charge in [0, 0.05) is 35.5 Å². The molecule has 0 unspecified atom stereocenters. The van der Waals surface area contributed by atoms with Crippen LogP contribution >= 0.6 is 0 Å². The minimum atomic E-state index is -4.04. The smallest absolute Gasteiger partial charge is 0.255 e. The molecule has 8 nitrogen and oxygen atoms in total. The van der Waals surface area contributed by atoms with Crippen LogP contribution in [0, 0.1) is 5.82 Å². The lowest BCUT2D eigenvalue weighted by atomic mass is 9.96. The molecular formula is C24H24F3N3O5S. The zero-order chi connectivity index (χ0) is 26.5. The highest BCUT2D eigenvalue weighted by Gasteiger charge is 2.18. The Bertz CT molecular complexity index is 1370. The van der Waals surface area contributed by atoms with E-state index in [2.05, 4.69) is 10.6 Å². The number of sulfonamides is 1. The van der Waals surface area contributed by atoms with Crippen molar-refractivity contribution in [2.45, 2.75) is 17.9 Å². The van der Waals surface area contributed by atoms with Gasteiger partial charge in [-0.25, -0.2) is 26.7 Å². The van der Waals surface area contributed by atoms with Crippen LogP contribution in [0.25, 0.3) is 11.1 Å². The summed E-state index contributed by atoms with van der Waals surface area (Å²) >= 11 is 0.